The lowest BCUT2D eigenvalue weighted by atomic mass is 9.90. The zero-order chi connectivity index (χ0) is 29.1. The molecule has 43 heavy (non-hydrogen) atoms. The van der Waals surface area contributed by atoms with Gasteiger partial charge in [-0.15, -0.1) is 12.4 Å². The maximum atomic E-state index is 8.78. The van der Waals surface area contributed by atoms with Crippen LogP contribution in [-0.2, 0) is 6.42 Å². The summed E-state index contributed by atoms with van der Waals surface area (Å²) in [5.74, 6) is 3.01. The van der Waals surface area contributed by atoms with Crippen molar-refractivity contribution < 1.29 is 9.47 Å². The van der Waals surface area contributed by atoms with Crippen LogP contribution in [0, 0.1) is 24.2 Å². The third kappa shape index (κ3) is 8.80. The van der Waals surface area contributed by atoms with E-state index in [0.717, 1.165) is 43.6 Å². The number of aryl methyl sites for hydroxylation is 1. The maximum absolute atomic E-state index is 8.78. The lowest BCUT2D eigenvalue weighted by Crippen LogP contribution is -2.35. The molecule has 0 atom stereocenters. The van der Waals surface area contributed by atoms with E-state index in [4.69, 9.17) is 24.7 Å². The van der Waals surface area contributed by atoms with Gasteiger partial charge >= 0.3 is 0 Å². The molecular formula is C32H35ClN8O2. The summed E-state index contributed by atoms with van der Waals surface area (Å²) in [5.41, 5.74) is 7.18. The molecule has 1 saturated heterocycles. The fraction of sp³-hybridized carbons (Fsp3) is 0.281. The third-order valence-corrected chi connectivity index (χ3v) is 7.05. The molecule has 1 aromatic heterocycles. The highest BCUT2D eigenvalue weighted by Crippen LogP contribution is 2.28. The minimum Gasteiger partial charge on any atom is -0.493 e. The van der Waals surface area contributed by atoms with Crippen LogP contribution in [0.4, 0.5) is 23.5 Å². The van der Waals surface area contributed by atoms with Crippen LogP contribution >= 0.6 is 12.4 Å². The van der Waals surface area contributed by atoms with Gasteiger partial charge < -0.3 is 19.7 Å². The van der Waals surface area contributed by atoms with Crippen LogP contribution in [0.1, 0.15) is 29.5 Å². The van der Waals surface area contributed by atoms with Gasteiger partial charge in [0.1, 0.15) is 6.07 Å². The molecule has 0 unspecified atom stereocenters. The molecule has 0 amide bonds. The number of benzene rings is 3. The van der Waals surface area contributed by atoms with E-state index < -0.39 is 0 Å². The third-order valence-electron chi connectivity index (χ3n) is 7.05. The highest BCUT2D eigenvalue weighted by atomic mass is 35.5. The molecule has 1 aliphatic rings. The molecule has 3 aromatic carbocycles. The number of halogens is 1. The Labute approximate surface area is 258 Å². The van der Waals surface area contributed by atoms with Gasteiger partial charge in [0, 0.05) is 18.8 Å². The van der Waals surface area contributed by atoms with Crippen LogP contribution in [0.5, 0.6) is 11.5 Å². The SMILES string of the molecule is COc1cc(/C=N\Nc2nc(Nc3ccc(C)cc3)nc(N3CCC(Cc4ccccc4)CC3)n2)ccc1OCC#N.Cl. The number of hydrogen-bond acceptors (Lipinski definition) is 10. The van der Waals surface area contributed by atoms with Crippen molar-refractivity contribution in [2.24, 2.45) is 11.0 Å². The van der Waals surface area contributed by atoms with Gasteiger partial charge in [0.15, 0.2) is 18.1 Å². The fourth-order valence-corrected chi connectivity index (χ4v) is 4.82. The molecule has 5 rings (SSSR count). The summed E-state index contributed by atoms with van der Waals surface area (Å²) in [6.45, 7) is 3.73. The van der Waals surface area contributed by atoms with Crippen LogP contribution in [0.15, 0.2) is 77.9 Å². The Morgan fingerprint density at radius 2 is 1.72 bits per heavy atom. The van der Waals surface area contributed by atoms with Crippen LogP contribution in [0.2, 0.25) is 0 Å². The molecule has 2 heterocycles. The van der Waals surface area contributed by atoms with E-state index in [1.54, 1.807) is 25.5 Å². The Hall–Kier alpha value is -4.88. The monoisotopic (exact) mass is 598 g/mol. The normalized spacial score (nSPS) is 13.2. The van der Waals surface area contributed by atoms with Crippen molar-refractivity contribution in [1.82, 2.24) is 15.0 Å². The molecule has 0 spiro atoms. The molecule has 0 radical (unpaired) electrons. The number of hydrogen-bond donors (Lipinski definition) is 2. The van der Waals surface area contributed by atoms with Crippen LogP contribution < -0.4 is 25.1 Å². The molecule has 4 aromatic rings. The Balaban J connectivity index is 0.00000423. The van der Waals surface area contributed by atoms with E-state index in [9.17, 15) is 0 Å². The summed E-state index contributed by atoms with van der Waals surface area (Å²) in [6.07, 6.45) is 4.86. The van der Waals surface area contributed by atoms with Crippen molar-refractivity contribution in [1.29, 1.82) is 5.26 Å². The predicted molar refractivity (Wildman–Crippen MR) is 172 cm³/mol. The minimum atomic E-state index is -0.0588. The van der Waals surface area contributed by atoms with Gasteiger partial charge in [0.25, 0.3) is 0 Å². The quantitative estimate of drug-likeness (QED) is 0.154. The number of rotatable bonds is 11. The first kappa shape index (κ1) is 31.1. The number of nitrogens with one attached hydrogen (secondary N) is 2. The van der Waals surface area contributed by atoms with Gasteiger partial charge in [-0.3, -0.25) is 0 Å². The van der Waals surface area contributed by atoms with E-state index in [1.165, 1.54) is 11.1 Å². The van der Waals surface area contributed by atoms with Crippen molar-refractivity contribution >= 4 is 42.2 Å². The molecule has 222 valence electrons. The van der Waals surface area contributed by atoms with Crippen molar-refractivity contribution in [2.45, 2.75) is 26.2 Å². The van der Waals surface area contributed by atoms with Crippen molar-refractivity contribution in [3.63, 3.8) is 0 Å². The lowest BCUT2D eigenvalue weighted by molar-refractivity contribution is 0.329. The minimum absolute atomic E-state index is 0. The molecule has 11 heteroatoms. The summed E-state index contributed by atoms with van der Waals surface area (Å²) in [5, 5.41) is 16.4. The summed E-state index contributed by atoms with van der Waals surface area (Å²) in [6, 6.07) is 26.0. The average Bonchev–Trinajstić information content (AvgIpc) is 3.02. The predicted octanol–water partition coefficient (Wildman–Crippen LogP) is 6.16. The first-order valence-electron chi connectivity index (χ1n) is 13.9. The van der Waals surface area contributed by atoms with Crippen molar-refractivity contribution in [3.8, 4) is 17.6 Å². The second-order valence-corrected chi connectivity index (χ2v) is 10.1. The maximum Gasteiger partial charge on any atom is 0.250 e. The number of nitriles is 1. The number of hydrazone groups is 1. The topological polar surface area (TPSA) is 121 Å². The van der Waals surface area contributed by atoms with Crippen LogP contribution in [0.25, 0.3) is 0 Å². The van der Waals surface area contributed by atoms with Crippen molar-refractivity contribution in [3.05, 3.63) is 89.5 Å². The summed E-state index contributed by atoms with van der Waals surface area (Å²) in [7, 11) is 1.55. The molecule has 0 bridgehead atoms. The van der Waals surface area contributed by atoms with Gasteiger partial charge in [-0.25, -0.2) is 5.43 Å². The van der Waals surface area contributed by atoms with Gasteiger partial charge in [0.2, 0.25) is 17.8 Å². The fourth-order valence-electron chi connectivity index (χ4n) is 4.82. The number of anilines is 4. The molecular weight excluding hydrogens is 564 g/mol. The van der Waals surface area contributed by atoms with E-state index in [1.807, 2.05) is 36.4 Å². The van der Waals surface area contributed by atoms with Crippen molar-refractivity contribution in [2.75, 3.05) is 42.4 Å². The highest BCUT2D eigenvalue weighted by molar-refractivity contribution is 5.85. The van der Waals surface area contributed by atoms with Gasteiger partial charge in [-0.05, 0) is 73.6 Å². The van der Waals surface area contributed by atoms with Gasteiger partial charge in [0.05, 0.1) is 13.3 Å². The smallest absolute Gasteiger partial charge is 0.250 e. The summed E-state index contributed by atoms with van der Waals surface area (Å²) in [4.78, 5) is 16.2. The zero-order valence-corrected chi connectivity index (χ0v) is 25.1. The number of nitrogens with zero attached hydrogens (tertiary/aromatic N) is 6. The molecule has 1 fully saturated rings. The summed E-state index contributed by atoms with van der Waals surface area (Å²) >= 11 is 0. The largest absolute Gasteiger partial charge is 0.493 e. The Kier molecular flexibility index (Phi) is 11.1. The number of ether oxygens (including phenoxy) is 2. The number of piperidine rings is 1. The second kappa shape index (κ2) is 15.4. The lowest BCUT2D eigenvalue weighted by Gasteiger charge is -2.32. The average molecular weight is 599 g/mol. The van der Waals surface area contributed by atoms with Crippen LogP contribution in [0.3, 0.4) is 0 Å². The molecule has 10 nitrogen and oxygen atoms in total. The first-order valence-corrected chi connectivity index (χ1v) is 13.9. The van der Waals surface area contributed by atoms with Crippen LogP contribution in [-0.4, -0.2) is 48.0 Å². The Morgan fingerprint density at radius 1 is 0.977 bits per heavy atom. The van der Waals surface area contributed by atoms with E-state index >= 15 is 0 Å². The first-order chi connectivity index (χ1) is 20.6. The Morgan fingerprint density at radius 3 is 2.44 bits per heavy atom. The second-order valence-electron chi connectivity index (χ2n) is 10.1. The van der Waals surface area contributed by atoms with Gasteiger partial charge in [-0.1, -0.05) is 48.0 Å². The molecule has 0 aliphatic carbocycles. The number of aromatic nitrogens is 3. The highest BCUT2D eigenvalue weighted by Gasteiger charge is 2.22. The standard InChI is InChI=1S/C32H34N8O2.ClH/c1-23-8-11-27(12-9-23)35-30-36-31(39-34-22-26-10-13-28(42-19-16-33)29(21-26)41-2)38-32(37-30)40-17-14-25(15-18-40)20-24-6-4-3-5-7-24;/h3-13,21-22,25H,14-15,17-20H2,1-2H3,(H2,35,36,37,38,39);1H/b34-22-;. The number of methoxy groups -OCH3 is 1. The Bertz CT molecular complexity index is 1540. The van der Waals surface area contributed by atoms with E-state index in [2.05, 4.69) is 63.0 Å². The van der Waals surface area contributed by atoms with E-state index in [0.29, 0.717) is 35.3 Å². The molecule has 0 saturated carbocycles. The van der Waals surface area contributed by atoms with E-state index in [-0.39, 0.29) is 19.0 Å². The molecule has 1 aliphatic heterocycles. The van der Waals surface area contributed by atoms with Gasteiger partial charge in [-0.2, -0.15) is 25.3 Å². The zero-order valence-electron chi connectivity index (χ0n) is 24.2. The summed E-state index contributed by atoms with van der Waals surface area (Å²) < 4.78 is 10.8. The molecule has 2 N–H and O–H groups in total.